The van der Waals surface area contributed by atoms with Gasteiger partial charge < -0.3 is 4.74 Å². The van der Waals surface area contributed by atoms with Gasteiger partial charge in [0.2, 0.25) is 0 Å². The van der Waals surface area contributed by atoms with E-state index in [0.29, 0.717) is 5.92 Å². The van der Waals surface area contributed by atoms with Crippen molar-refractivity contribution >= 4 is 6.21 Å². The van der Waals surface area contributed by atoms with Gasteiger partial charge in [0.05, 0.1) is 12.8 Å². The predicted molar refractivity (Wildman–Crippen MR) is 74.4 cm³/mol. The van der Waals surface area contributed by atoms with Crippen LogP contribution in [0.2, 0.25) is 0 Å². The van der Waals surface area contributed by atoms with Crippen molar-refractivity contribution in [2.75, 3.05) is 6.61 Å². The van der Waals surface area contributed by atoms with Crippen LogP contribution in [-0.2, 0) is 0 Å². The topological polar surface area (TPSA) is 52.3 Å². The van der Waals surface area contributed by atoms with Crippen molar-refractivity contribution in [2.45, 2.75) is 20.3 Å². The molecular formula is C14H18N4O. The van der Waals surface area contributed by atoms with Gasteiger partial charge in [0, 0.05) is 0 Å². The van der Waals surface area contributed by atoms with Crippen LogP contribution in [-0.4, -0.2) is 27.7 Å². The van der Waals surface area contributed by atoms with Crippen molar-refractivity contribution in [1.29, 1.82) is 0 Å². The Labute approximate surface area is 112 Å². The molecular weight excluding hydrogens is 240 g/mol. The van der Waals surface area contributed by atoms with Crippen molar-refractivity contribution in [3.8, 4) is 5.75 Å². The first-order valence-corrected chi connectivity index (χ1v) is 6.36. The molecule has 0 saturated carbocycles. The number of hydrogen-bond donors (Lipinski definition) is 0. The van der Waals surface area contributed by atoms with Crippen LogP contribution in [0.4, 0.5) is 0 Å². The molecule has 100 valence electrons. The summed E-state index contributed by atoms with van der Waals surface area (Å²) in [6, 6.07) is 7.85. The molecule has 5 heteroatoms. The first-order chi connectivity index (χ1) is 9.24. The second-order valence-corrected chi connectivity index (χ2v) is 4.69. The average Bonchev–Trinajstić information content (AvgIpc) is 2.90. The summed E-state index contributed by atoms with van der Waals surface area (Å²) in [6.45, 7) is 5.13. The van der Waals surface area contributed by atoms with E-state index < -0.39 is 0 Å². The Morgan fingerprint density at radius 3 is 2.53 bits per heavy atom. The maximum absolute atomic E-state index is 5.65. The quantitative estimate of drug-likeness (QED) is 0.748. The maximum atomic E-state index is 5.65. The van der Waals surface area contributed by atoms with Gasteiger partial charge in [0.25, 0.3) is 0 Å². The van der Waals surface area contributed by atoms with Crippen LogP contribution in [0.3, 0.4) is 0 Å². The van der Waals surface area contributed by atoms with Crippen LogP contribution in [0.25, 0.3) is 0 Å². The summed E-state index contributed by atoms with van der Waals surface area (Å²) < 4.78 is 7.20. The van der Waals surface area contributed by atoms with Crippen LogP contribution in [0.15, 0.2) is 42.0 Å². The zero-order valence-electron chi connectivity index (χ0n) is 11.2. The van der Waals surface area contributed by atoms with E-state index in [1.807, 2.05) is 24.3 Å². The van der Waals surface area contributed by atoms with Gasteiger partial charge >= 0.3 is 0 Å². The highest BCUT2D eigenvalue weighted by molar-refractivity contribution is 5.79. The molecule has 1 aromatic carbocycles. The Hall–Kier alpha value is -2.17. The fraction of sp³-hybridized carbons (Fsp3) is 0.357. The van der Waals surface area contributed by atoms with Gasteiger partial charge in [-0.05, 0) is 42.2 Å². The van der Waals surface area contributed by atoms with E-state index >= 15 is 0 Å². The standard InChI is InChI=1S/C14H18N4O/c1-12(2)7-8-19-14-5-3-13(4-6-14)9-17-18-10-15-16-11-18/h3-6,9-12H,7-8H2,1-2H3/b17-9+. The summed E-state index contributed by atoms with van der Waals surface area (Å²) in [4.78, 5) is 0. The molecule has 1 aromatic heterocycles. The molecule has 0 bridgehead atoms. The van der Waals surface area contributed by atoms with E-state index in [2.05, 4.69) is 29.1 Å². The molecule has 0 N–H and O–H groups in total. The Balaban J connectivity index is 1.87. The number of nitrogens with zero attached hydrogens (tertiary/aromatic N) is 4. The highest BCUT2D eigenvalue weighted by Crippen LogP contribution is 2.12. The highest BCUT2D eigenvalue weighted by Gasteiger charge is 1.96. The third kappa shape index (κ3) is 4.54. The van der Waals surface area contributed by atoms with Gasteiger partial charge in [-0.2, -0.15) is 5.10 Å². The molecule has 0 fully saturated rings. The third-order valence-electron chi connectivity index (χ3n) is 2.59. The van der Waals surface area contributed by atoms with E-state index in [1.54, 1.807) is 23.5 Å². The molecule has 0 spiro atoms. The molecule has 0 aliphatic heterocycles. The minimum absolute atomic E-state index is 0.662. The molecule has 0 saturated heterocycles. The highest BCUT2D eigenvalue weighted by atomic mass is 16.5. The molecule has 1 heterocycles. The second-order valence-electron chi connectivity index (χ2n) is 4.69. The summed E-state index contributed by atoms with van der Waals surface area (Å²) in [6.07, 6.45) is 5.90. The second kappa shape index (κ2) is 6.68. The third-order valence-corrected chi connectivity index (χ3v) is 2.59. The Morgan fingerprint density at radius 2 is 1.89 bits per heavy atom. The van der Waals surface area contributed by atoms with Gasteiger partial charge in [0.15, 0.2) is 0 Å². The lowest BCUT2D eigenvalue weighted by molar-refractivity contribution is 0.289. The summed E-state index contributed by atoms with van der Waals surface area (Å²) in [5.74, 6) is 1.55. The molecule has 5 nitrogen and oxygen atoms in total. The maximum Gasteiger partial charge on any atom is 0.141 e. The lowest BCUT2D eigenvalue weighted by Gasteiger charge is -2.07. The van der Waals surface area contributed by atoms with Crippen LogP contribution < -0.4 is 4.74 Å². The summed E-state index contributed by atoms with van der Waals surface area (Å²) in [5.41, 5.74) is 1.00. The predicted octanol–water partition coefficient (Wildman–Crippen LogP) is 2.59. The van der Waals surface area contributed by atoms with Gasteiger partial charge in [-0.15, -0.1) is 10.2 Å². The van der Waals surface area contributed by atoms with Gasteiger partial charge in [-0.3, -0.25) is 0 Å². The molecule has 0 radical (unpaired) electrons. The molecule has 0 aliphatic rings. The molecule has 0 amide bonds. The van der Waals surface area contributed by atoms with E-state index in [-0.39, 0.29) is 0 Å². The van der Waals surface area contributed by atoms with Crippen LogP contribution >= 0.6 is 0 Å². The first kappa shape index (κ1) is 13.3. The SMILES string of the molecule is CC(C)CCOc1ccc(/C=N/n2cnnc2)cc1. The normalized spacial score (nSPS) is 11.3. The summed E-state index contributed by atoms with van der Waals surface area (Å²) in [7, 11) is 0. The minimum atomic E-state index is 0.662. The van der Waals surface area contributed by atoms with Gasteiger partial charge in [0.1, 0.15) is 18.4 Å². The van der Waals surface area contributed by atoms with E-state index in [0.717, 1.165) is 24.3 Å². The molecule has 19 heavy (non-hydrogen) atoms. The van der Waals surface area contributed by atoms with E-state index in [4.69, 9.17) is 4.74 Å². The summed E-state index contributed by atoms with van der Waals surface area (Å²) in [5, 5.41) is 11.5. The number of benzene rings is 1. The van der Waals surface area contributed by atoms with Crippen molar-refractivity contribution in [3.05, 3.63) is 42.5 Å². The van der Waals surface area contributed by atoms with Crippen LogP contribution in [0.1, 0.15) is 25.8 Å². The number of aromatic nitrogens is 3. The zero-order valence-corrected chi connectivity index (χ0v) is 11.2. The van der Waals surface area contributed by atoms with Gasteiger partial charge in [-0.1, -0.05) is 13.8 Å². The van der Waals surface area contributed by atoms with Crippen molar-refractivity contribution in [3.63, 3.8) is 0 Å². The molecule has 0 unspecified atom stereocenters. The Bertz CT molecular complexity index is 503. The lowest BCUT2D eigenvalue weighted by atomic mass is 10.1. The zero-order chi connectivity index (χ0) is 13.5. The van der Waals surface area contributed by atoms with Crippen molar-refractivity contribution in [2.24, 2.45) is 11.0 Å². The first-order valence-electron chi connectivity index (χ1n) is 6.36. The van der Waals surface area contributed by atoms with E-state index in [1.165, 1.54) is 0 Å². The monoisotopic (exact) mass is 258 g/mol. The molecule has 2 rings (SSSR count). The largest absolute Gasteiger partial charge is 0.494 e. The number of rotatable bonds is 6. The van der Waals surface area contributed by atoms with Gasteiger partial charge in [-0.25, -0.2) is 4.68 Å². The van der Waals surface area contributed by atoms with Crippen molar-refractivity contribution < 1.29 is 4.74 Å². The van der Waals surface area contributed by atoms with Crippen LogP contribution in [0.5, 0.6) is 5.75 Å². The summed E-state index contributed by atoms with van der Waals surface area (Å²) >= 11 is 0. The molecule has 0 aliphatic carbocycles. The van der Waals surface area contributed by atoms with E-state index in [9.17, 15) is 0 Å². The molecule has 2 aromatic rings. The van der Waals surface area contributed by atoms with Crippen LogP contribution in [0, 0.1) is 5.92 Å². The fourth-order valence-corrected chi connectivity index (χ4v) is 1.45. The number of ether oxygens (including phenoxy) is 1. The average molecular weight is 258 g/mol. The smallest absolute Gasteiger partial charge is 0.141 e. The lowest BCUT2D eigenvalue weighted by Crippen LogP contribution is -2.01. The Kier molecular flexibility index (Phi) is 4.66. The fourth-order valence-electron chi connectivity index (χ4n) is 1.45. The minimum Gasteiger partial charge on any atom is -0.494 e. The van der Waals surface area contributed by atoms with Crippen molar-refractivity contribution in [1.82, 2.24) is 14.9 Å². The number of hydrogen-bond acceptors (Lipinski definition) is 4. The molecule has 0 atom stereocenters. The Morgan fingerprint density at radius 1 is 1.21 bits per heavy atom.